The van der Waals surface area contributed by atoms with Gasteiger partial charge in [0.15, 0.2) is 0 Å². The number of carbonyl (C=O) groups excluding carboxylic acids is 1. The molecule has 0 radical (unpaired) electrons. The number of hydrogen-bond acceptors (Lipinski definition) is 3. The number of carbonyl (C=O) groups is 1. The average Bonchev–Trinajstić information content (AvgIpc) is 2.86. The van der Waals surface area contributed by atoms with Crippen molar-refractivity contribution in [3.05, 3.63) is 58.7 Å². The van der Waals surface area contributed by atoms with Gasteiger partial charge in [-0.25, -0.2) is 0 Å². The Bertz CT molecular complexity index is 908. The Labute approximate surface area is 262 Å². The second-order valence-electron chi connectivity index (χ2n) is 10.3. The molecule has 0 saturated heterocycles. The number of fused-ring (bicyclic) bond motifs is 2. The molecule has 0 atom stereocenters. The zero-order valence-electron chi connectivity index (χ0n) is 22.9. The first-order valence-electron chi connectivity index (χ1n) is 14.3. The summed E-state index contributed by atoms with van der Waals surface area (Å²) in [7, 11) is 0. The SMILES string of the molecule is CCCCCCCCCCCCCCCCCCc1ccc2c(c1C(=O)[O-])Cc1ccccc1O2.[K+]. The molecule has 0 aromatic heterocycles. The number of aromatic carboxylic acids is 1. The molecule has 2 aromatic carbocycles. The molecule has 36 heavy (non-hydrogen) atoms. The van der Waals surface area contributed by atoms with E-state index in [9.17, 15) is 9.90 Å². The van der Waals surface area contributed by atoms with E-state index >= 15 is 0 Å². The Hall–Kier alpha value is -0.654. The van der Waals surface area contributed by atoms with Gasteiger partial charge in [-0.15, -0.1) is 0 Å². The van der Waals surface area contributed by atoms with Crippen LogP contribution in [0.2, 0.25) is 0 Å². The normalized spacial score (nSPS) is 11.8. The molecule has 3 rings (SSSR count). The van der Waals surface area contributed by atoms with Crippen molar-refractivity contribution in [2.45, 2.75) is 122 Å². The summed E-state index contributed by atoms with van der Waals surface area (Å²) in [6.45, 7) is 2.28. The fourth-order valence-corrected chi connectivity index (χ4v) is 5.33. The third-order valence-corrected chi connectivity index (χ3v) is 7.42. The molecule has 4 heteroatoms. The Morgan fingerprint density at radius 1 is 0.722 bits per heavy atom. The summed E-state index contributed by atoms with van der Waals surface area (Å²) in [6.07, 6.45) is 22.8. The number of benzene rings is 2. The van der Waals surface area contributed by atoms with Crippen molar-refractivity contribution in [3.63, 3.8) is 0 Å². The molecule has 0 bridgehead atoms. The van der Waals surface area contributed by atoms with Gasteiger partial charge in [-0.1, -0.05) is 128 Å². The summed E-state index contributed by atoms with van der Waals surface area (Å²) in [5.74, 6) is 0.379. The van der Waals surface area contributed by atoms with Gasteiger partial charge in [-0.2, -0.15) is 0 Å². The molecule has 0 amide bonds. The maximum Gasteiger partial charge on any atom is 1.00 e. The Kier molecular flexibility index (Phi) is 16.3. The van der Waals surface area contributed by atoms with Crippen LogP contribution in [0, 0.1) is 0 Å². The molecule has 3 nitrogen and oxygen atoms in total. The molecule has 1 aliphatic heterocycles. The summed E-state index contributed by atoms with van der Waals surface area (Å²) in [5.41, 5.74) is 3.02. The molecule has 0 spiro atoms. The summed E-state index contributed by atoms with van der Waals surface area (Å²) in [6, 6.07) is 11.7. The minimum absolute atomic E-state index is 0. The molecule has 0 saturated carbocycles. The number of aryl methyl sites for hydroxylation is 1. The van der Waals surface area contributed by atoms with Crippen LogP contribution in [0.25, 0.3) is 0 Å². The van der Waals surface area contributed by atoms with Gasteiger partial charge in [0.05, 0.1) is 5.97 Å². The van der Waals surface area contributed by atoms with Crippen molar-refractivity contribution in [2.75, 3.05) is 0 Å². The third-order valence-electron chi connectivity index (χ3n) is 7.42. The standard InChI is InChI=1S/C32H46O3.K/c1-2-3-4-5-6-7-8-9-10-11-12-13-14-15-16-17-20-26-23-24-30-28(31(26)32(33)34)25-27-21-18-19-22-29(27)35-30;/h18-19,21-24H,2-17,20,25H2,1H3,(H,33,34);/q;+1/p-1. The Balaban J connectivity index is 0.00000456. The second kappa shape index (κ2) is 18.6. The first-order chi connectivity index (χ1) is 17.2. The first-order valence-corrected chi connectivity index (χ1v) is 14.3. The molecule has 0 N–H and O–H groups in total. The van der Waals surface area contributed by atoms with Gasteiger partial charge in [0.25, 0.3) is 0 Å². The van der Waals surface area contributed by atoms with Gasteiger partial charge in [0.2, 0.25) is 0 Å². The fraction of sp³-hybridized carbons (Fsp3) is 0.594. The van der Waals surface area contributed by atoms with Crippen molar-refractivity contribution in [3.8, 4) is 11.5 Å². The van der Waals surface area contributed by atoms with E-state index in [2.05, 4.69) is 6.92 Å². The zero-order valence-corrected chi connectivity index (χ0v) is 26.0. The Morgan fingerprint density at radius 3 is 1.81 bits per heavy atom. The minimum Gasteiger partial charge on any atom is -0.545 e. The van der Waals surface area contributed by atoms with Crippen LogP contribution in [-0.4, -0.2) is 5.97 Å². The van der Waals surface area contributed by atoms with Crippen LogP contribution >= 0.6 is 0 Å². The molecule has 1 aliphatic rings. The number of carboxylic acid groups (broad SMARTS) is 1. The van der Waals surface area contributed by atoms with Gasteiger partial charge in [-0.05, 0) is 36.1 Å². The summed E-state index contributed by atoms with van der Waals surface area (Å²) < 4.78 is 5.97. The molecule has 0 aliphatic carbocycles. The molecular weight excluding hydrogens is 471 g/mol. The monoisotopic (exact) mass is 516 g/mol. The van der Waals surface area contributed by atoms with Crippen molar-refractivity contribution < 1.29 is 66.0 Å². The first kappa shape index (κ1) is 31.6. The number of unbranched alkanes of at least 4 members (excludes halogenated alkanes) is 15. The van der Waals surface area contributed by atoms with Crippen molar-refractivity contribution >= 4 is 5.97 Å². The molecule has 0 fully saturated rings. The predicted octanol–water partition coefficient (Wildman–Crippen LogP) is 5.55. The quantitative estimate of drug-likeness (QED) is 0.164. The van der Waals surface area contributed by atoms with Crippen LogP contribution in [0.3, 0.4) is 0 Å². The number of rotatable bonds is 18. The molecule has 1 heterocycles. The van der Waals surface area contributed by atoms with Crippen LogP contribution in [0.15, 0.2) is 36.4 Å². The number of hydrogen-bond donors (Lipinski definition) is 0. The smallest absolute Gasteiger partial charge is 0.545 e. The molecule has 0 unspecified atom stereocenters. The van der Waals surface area contributed by atoms with Crippen LogP contribution in [-0.2, 0) is 12.8 Å². The van der Waals surface area contributed by atoms with Crippen molar-refractivity contribution in [1.29, 1.82) is 0 Å². The topological polar surface area (TPSA) is 49.4 Å². The van der Waals surface area contributed by atoms with Gasteiger partial charge in [-0.3, -0.25) is 0 Å². The molecule has 192 valence electrons. The van der Waals surface area contributed by atoms with E-state index in [1.54, 1.807) is 0 Å². The van der Waals surface area contributed by atoms with Crippen LogP contribution in [0.4, 0.5) is 0 Å². The summed E-state index contributed by atoms with van der Waals surface area (Å²) in [5, 5.41) is 12.0. The maximum absolute atomic E-state index is 12.0. The molecular formula is C32H45KO3. The van der Waals surface area contributed by atoms with E-state index in [4.69, 9.17) is 4.74 Å². The van der Waals surface area contributed by atoms with Crippen molar-refractivity contribution in [1.82, 2.24) is 0 Å². The van der Waals surface area contributed by atoms with Gasteiger partial charge < -0.3 is 14.6 Å². The second-order valence-corrected chi connectivity index (χ2v) is 10.3. The minimum atomic E-state index is -1.09. The maximum atomic E-state index is 12.0. The number of carboxylic acids is 1. The van der Waals surface area contributed by atoms with Gasteiger partial charge in [0.1, 0.15) is 11.5 Å². The average molecular weight is 517 g/mol. The van der Waals surface area contributed by atoms with E-state index in [-0.39, 0.29) is 51.4 Å². The number of ether oxygens (including phenoxy) is 1. The van der Waals surface area contributed by atoms with E-state index < -0.39 is 5.97 Å². The Morgan fingerprint density at radius 2 is 1.25 bits per heavy atom. The van der Waals surface area contributed by atoms with E-state index in [1.165, 1.54) is 89.9 Å². The van der Waals surface area contributed by atoms with Crippen LogP contribution in [0.1, 0.15) is 137 Å². The predicted molar refractivity (Wildman–Crippen MR) is 143 cm³/mol. The van der Waals surface area contributed by atoms with E-state index in [1.807, 2.05) is 36.4 Å². The van der Waals surface area contributed by atoms with Crippen LogP contribution < -0.4 is 61.2 Å². The number of para-hydroxylation sites is 1. The summed E-state index contributed by atoms with van der Waals surface area (Å²) in [4.78, 5) is 12.0. The summed E-state index contributed by atoms with van der Waals surface area (Å²) >= 11 is 0. The largest absolute Gasteiger partial charge is 1.00 e. The zero-order chi connectivity index (χ0) is 24.7. The molecule has 2 aromatic rings. The fourth-order valence-electron chi connectivity index (χ4n) is 5.33. The van der Waals surface area contributed by atoms with Gasteiger partial charge >= 0.3 is 51.4 Å². The van der Waals surface area contributed by atoms with Crippen molar-refractivity contribution in [2.24, 2.45) is 0 Å². The third kappa shape index (κ3) is 10.6. The van der Waals surface area contributed by atoms with Crippen LogP contribution in [0.5, 0.6) is 11.5 Å². The van der Waals surface area contributed by atoms with E-state index in [0.717, 1.165) is 41.7 Å². The van der Waals surface area contributed by atoms with E-state index in [0.29, 0.717) is 17.7 Å². The van der Waals surface area contributed by atoms with Gasteiger partial charge in [0, 0.05) is 17.5 Å².